The molecule has 3 aliphatic heterocycles. The van der Waals surface area contributed by atoms with Crippen LogP contribution in [0.3, 0.4) is 0 Å². The summed E-state index contributed by atoms with van der Waals surface area (Å²) in [5, 5.41) is 2.35. The molecule has 41 heavy (non-hydrogen) atoms. The molecule has 3 aromatic rings. The molecular weight excluding hydrogens is 522 g/mol. The number of carbonyl (C=O) groups excluding carboxylic acids is 3. The van der Waals surface area contributed by atoms with E-state index in [0.717, 1.165) is 61.4 Å². The largest absolute Gasteiger partial charge is 0.444 e. The molecule has 2 atom stereocenters. The molecule has 2 aromatic carbocycles. The number of aryl methyl sites for hydroxylation is 1. The van der Waals surface area contributed by atoms with Gasteiger partial charge in [0.15, 0.2) is 0 Å². The molecule has 0 radical (unpaired) electrons. The molecule has 1 N–H and O–H groups in total. The number of imide groups is 1. The van der Waals surface area contributed by atoms with Crippen LogP contribution in [0.4, 0.5) is 10.5 Å². The maximum atomic E-state index is 13.1. The number of ether oxygens (including phenoxy) is 1. The first-order chi connectivity index (χ1) is 19.4. The Kier molecular flexibility index (Phi) is 6.47. The van der Waals surface area contributed by atoms with Gasteiger partial charge in [0.25, 0.3) is 0 Å². The number of hydrogen-bond donors (Lipinski definition) is 1. The number of benzene rings is 2. The van der Waals surface area contributed by atoms with Crippen LogP contribution in [0, 0.1) is 5.41 Å². The van der Waals surface area contributed by atoms with Gasteiger partial charge in [-0.25, -0.2) is 9.59 Å². The monoisotopic (exact) mass is 559 g/mol. The Hall–Kier alpha value is -4.08. The zero-order chi connectivity index (χ0) is 29.1. The average molecular weight is 560 g/mol. The van der Waals surface area contributed by atoms with Crippen molar-refractivity contribution in [3.8, 4) is 11.1 Å². The Morgan fingerprint density at radius 1 is 0.951 bits per heavy atom. The highest BCUT2D eigenvalue weighted by atomic mass is 16.6. The quantitative estimate of drug-likeness (QED) is 0.489. The number of carbonyl (C=O) groups is 3. The van der Waals surface area contributed by atoms with E-state index in [-0.39, 0.29) is 29.5 Å². The lowest BCUT2D eigenvalue weighted by molar-refractivity contribution is -0.135. The number of piperidine rings is 1. The Labute approximate surface area is 238 Å². The van der Waals surface area contributed by atoms with E-state index in [1.165, 1.54) is 4.57 Å². The van der Waals surface area contributed by atoms with E-state index in [4.69, 9.17) is 4.74 Å². The Morgan fingerprint density at radius 3 is 2.37 bits per heavy atom. The highest BCUT2D eigenvalue weighted by Crippen LogP contribution is 2.42. The zero-order valence-electron chi connectivity index (χ0n) is 24.1. The molecule has 0 saturated carbocycles. The molecule has 1 aromatic heterocycles. The number of fused-ring (bicyclic) bond motifs is 1. The molecule has 10 heteroatoms. The lowest BCUT2D eigenvalue weighted by atomic mass is 9.86. The van der Waals surface area contributed by atoms with Crippen molar-refractivity contribution < 1.29 is 19.1 Å². The minimum absolute atomic E-state index is 0.0983. The van der Waals surface area contributed by atoms with Crippen molar-refractivity contribution in [1.29, 1.82) is 0 Å². The van der Waals surface area contributed by atoms with Crippen LogP contribution in [0.1, 0.15) is 52.5 Å². The molecule has 1 spiro atoms. The third-order valence-corrected chi connectivity index (χ3v) is 8.71. The molecule has 3 aliphatic rings. The van der Waals surface area contributed by atoms with Crippen LogP contribution in [0.25, 0.3) is 22.2 Å². The van der Waals surface area contributed by atoms with Gasteiger partial charge in [-0.1, -0.05) is 18.2 Å². The van der Waals surface area contributed by atoms with Crippen LogP contribution in [0.2, 0.25) is 0 Å². The normalized spacial score (nSPS) is 23.1. The number of aromatic nitrogens is 2. The van der Waals surface area contributed by atoms with Crippen LogP contribution in [0.5, 0.6) is 0 Å². The van der Waals surface area contributed by atoms with Crippen molar-refractivity contribution in [2.24, 2.45) is 12.5 Å². The molecule has 216 valence electrons. The van der Waals surface area contributed by atoms with Crippen molar-refractivity contribution >= 4 is 34.6 Å². The van der Waals surface area contributed by atoms with Crippen LogP contribution >= 0.6 is 0 Å². The van der Waals surface area contributed by atoms with Crippen LogP contribution in [-0.2, 0) is 21.4 Å². The lowest BCUT2D eigenvalue weighted by Crippen LogP contribution is -2.44. The Morgan fingerprint density at radius 2 is 1.66 bits per heavy atom. The summed E-state index contributed by atoms with van der Waals surface area (Å²) in [6, 6.07) is 13.6. The van der Waals surface area contributed by atoms with Gasteiger partial charge in [-0.15, -0.1) is 0 Å². The van der Waals surface area contributed by atoms with Gasteiger partial charge in [0.05, 0.1) is 11.0 Å². The summed E-state index contributed by atoms with van der Waals surface area (Å²) in [5.74, 6) is -0.741. The van der Waals surface area contributed by atoms with Crippen molar-refractivity contribution in [3.63, 3.8) is 0 Å². The van der Waals surface area contributed by atoms with Crippen molar-refractivity contribution in [1.82, 2.24) is 19.4 Å². The smallest absolute Gasteiger partial charge is 0.410 e. The van der Waals surface area contributed by atoms with Gasteiger partial charge in [0.2, 0.25) is 11.8 Å². The van der Waals surface area contributed by atoms with E-state index in [0.29, 0.717) is 11.9 Å². The van der Waals surface area contributed by atoms with Crippen LogP contribution in [0.15, 0.2) is 47.3 Å². The molecule has 10 nitrogen and oxygen atoms in total. The second-order valence-corrected chi connectivity index (χ2v) is 12.8. The first-order valence-electron chi connectivity index (χ1n) is 14.3. The third kappa shape index (κ3) is 5.00. The van der Waals surface area contributed by atoms with Crippen molar-refractivity contribution in [2.45, 2.75) is 58.1 Å². The summed E-state index contributed by atoms with van der Waals surface area (Å²) in [7, 11) is 1.70. The van der Waals surface area contributed by atoms with E-state index in [2.05, 4.69) is 34.5 Å². The average Bonchev–Trinajstić information content (AvgIpc) is 3.61. The second-order valence-electron chi connectivity index (χ2n) is 12.8. The predicted octanol–water partition coefficient (Wildman–Crippen LogP) is 3.82. The van der Waals surface area contributed by atoms with E-state index in [9.17, 15) is 19.2 Å². The summed E-state index contributed by atoms with van der Waals surface area (Å²) in [6.07, 6.45) is 2.33. The Bertz CT molecular complexity index is 1600. The van der Waals surface area contributed by atoms with Crippen molar-refractivity contribution in [3.05, 3.63) is 52.9 Å². The topological polar surface area (TPSA) is 106 Å². The molecule has 4 heterocycles. The number of rotatable bonds is 3. The van der Waals surface area contributed by atoms with Gasteiger partial charge >= 0.3 is 11.8 Å². The van der Waals surface area contributed by atoms with E-state index < -0.39 is 17.6 Å². The number of imidazole rings is 1. The fourth-order valence-electron chi connectivity index (χ4n) is 6.54. The van der Waals surface area contributed by atoms with Crippen LogP contribution in [-0.4, -0.2) is 63.7 Å². The predicted molar refractivity (Wildman–Crippen MR) is 156 cm³/mol. The lowest BCUT2D eigenvalue weighted by Gasteiger charge is -2.27. The van der Waals surface area contributed by atoms with Gasteiger partial charge in [-0.3, -0.25) is 24.0 Å². The Balaban J connectivity index is 1.18. The zero-order valence-corrected chi connectivity index (χ0v) is 24.1. The number of nitrogens with one attached hydrogen (secondary N) is 1. The molecular formula is C31H37N5O5. The molecule has 0 aliphatic carbocycles. The second kappa shape index (κ2) is 9.78. The SMILES string of the molecule is Cn1c(=O)n(C2CCC(=O)NC2=O)c2ccc(-c3ccc(N4CCC5(CCN(C(=O)OC(C)(C)C)C5)C4)cc3)cc21. The van der Waals surface area contributed by atoms with Gasteiger partial charge in [-0.2, -0.15) is 0 Å². The summed E-state index contributed by atoms with van der Waals surface area (Å²) >= 11 is 0. The van der Waals surface area contributed by atoms with Gasteiger partial charge < -0.3 is 14.5 Å². The summed E-state index contributed by atoms with van der Waals surface area (Å²) < 4.78 is 8.65. The minimum atomic E-state index is -0.700. The van der Waals surface area contributed by atoms with E-state index >= 15 is 0 Å². The third-order valence-electron chi connectivity index (χ3n) is 8.71. The van der Waals surface area contributed by atoms with Gasteiger partial charge in [-0.05, 0) is 75.4 Å². The van der Waals surface area contributed by atoms with E-state index in [1.54, 1.807) is 11.6 Å². The number of likely N-dealkylation sites (tertiary alicyclic amines) is 1. The number of hydrogen-bond acceptors (Lipinski definition) is 6. The van der Waals surface area contributed by atoms with Gasteiger partial charge in [0, 0.05) is 50.7 Å². The molecule has 3 saturated heterocycles. The molecule has 3 fully saturated rings. The number of nitrogens with zero attached hydrogens (tertiary/aromatic N) is 4. The molecule has 3 amide bonds. The molecule has 0 bridgehead atoms. The first-order valence-corrected chi connectivity index (χ1v) is 14.3. The van der Waals surface area contributed by atoms with E-state index in [1.807, 2.05) is 43.9 Å². The standard InChI is InChI=1S/C31H37N5O5/c1-30(2,3)41-29(40)35-16-14-31(19-35)13-15-34(18-31)22-8-5-20(6-9-22)21-7-10-23-25(17-21)33(4)28(39)36(23)24-11-12-26(37)32-27(24)38/h5-10,17,24H,11-16,18-19H2,1-4H3,(H,32,37,38). The highest BCUT2D eigenvalue weighted by Gasteiger charge is 2.45. The summed E-state index contributed by atoms with van der Waals surface area (Å²) in [5.41, 5.74) is 3.89. The van der Waals surface area contributed by atoms with Crippen molar-refractivity contribution in [2.75, 3.05) is 31.1 Å². The number of amides is 3. The number of anilines is 1. The molecule has 6 rings (SSSR count). The minimum Gasteiger partial charge on any atom is -0.444 e. The first kappa shape index (κ1) is 27.1. The molecule has 2 unspecified atom stereocenters. The fraction of sp³-hybridized carbons (Fsp3) is 0.484. The maximum Gasteiger partial charge on any atom is 0.410 e. The van der Waals surface area contributed by atoms with Gasteiger partial charge in [0.1, 0.15) is 11.6 Å². The maximum absolute atomic E-state index is 13.1. The van der Waals surface area contributed by atoms with Crippen LogP contribution < -0.4 is 15.9 Å². The highest BCUT2D eigenvalue weighted by molar-refractivity contribution is 6.00. The summed E-state index contributed by atoms with van der Waals surface area (Å²) in [6.45, 7) is 9.01. The fourth-order valence-corrected chi connectivity index (χ4v) is 6.54. The summed E-state index contributed by atoms with van der Waals surface area (Å²) in [4.78, 5) is 54.1.